The van der Waals surface area contributed by atoms with Gasteiger partial charge in [0.2, 0.25) is 0 Å². The molecular weight excluding hydrogens is 342 g/mol. The van der Waals surface area contributed by atoms with Crippen LogP contribution in [0.1, 0.15) is 26.3 Å². The molecule has 4 heteroatoms. The van der Waals surface area contributed by atoms with Crippen LogP contribution in [0.2, 0.25) is 5.02 Å². The maximum atomic E-state index is 6.17. The van der Waals surface area contributed by atoms with Crippen LogP contribution in [0.15, 0.2) is 50.9 Å². The molecule has 0 aliphatic carbocycles. The summed E-state index contributed by atoms with van der Waals surface area (Å²) in [7, 11) is 0. The van der Waals surface area contributed by atoms with Crippen LogP contribution in [-0.2, 0) is 5.41 Å². The molecule has 0 bridgehead atoms. The van der Waals surface area contributed by atoms with Gasteiger partial charge in [0.15, 0.2) is 0 Å². The predicted molar refractivity (Wildman–Crippen MR) is 86.2 cm³/mol. The van der Waals surface area contributed by atoms with E-state index >= 15 is 0 Å². The van der Waals surface area contributed by atoms with Crippen molar-refractivity contribution in [2.45, 2.75) is 36.1 Å². The maximum absolute atomic E-state index is 6.17. The molecule has 0 aliphatic rings. The summed E-state index contributed by atoms with van der Waals surface area (Å²) in [4.78, 5) is 5.47. The number of pyridine rings is 1. The Hall–Kier alpha value is -0.510. The molecule has 19 heavy (non-hydrogen) atoms. The highest BCUT2D eigenvalue weighted by molar-refractivity contribution is 9.10. The highest BCUT2D eigenvalue weighted by atomic mass is 79.9. The van der Waals surface area contributed by atoms with Gasteiger partial charge in [-0.1, -0.05) is 56.3 Å². The van der Waals surface area contributed by atoms with Crippen LogP contribution >= 0.6 is 39.3 Å². The summed E-state index contributed by atoms with van der Waals surface area (Å²) in [5.74, 6) is 0. The molecule has 2 rings (SSSR count). The van der Waals surface area contributed by atoms with Crippen molar-refractivity contribution in [2.75, 3.05) is 0 Å². The standard InChI is InChI=1S/C15H15BrClNS/c1-15(2,3)10-4-6-12(7-5-10)19-14-13(17)8-11(16)9-18-14/h4-9H,1-3H3. The van der Waals surface area contributed by atoms with E-state index in [0.29, 0.717) is 5.02 Å². The number of hydrogen-bond acceptors (Lipinski definition) is 2. The van der Waals surface area contributed by atoms with E-state index in [-0.39, 0.29) is 5.41 Å². The summed E-state index contributed by atoms with van der Waals surface area (Å²) < 4.78 is 0.893. The summed E-state index contributed by atoms with van der Waals surface area (Å²) in [6.45, 7) is 6.63. The van der Waals surface area contributed by atoms with Crippen molar-refractivity contribution in [3.8, 4) is 0 Å². The lowest BCUT2D eigenvalue weighted by atomic mass is 9.87. The minimum absolute atomic E-state index is 0.177. The van der Waals surface area contributed by atoms with Gasteiger partial charge in [0, 0.05) is 15.6 Å². The van der Waals surface area contributed by atoms with Gasteiger partial charge in [0.05, 0.1) is 5.02 Å². The normalized spacial score (nSPS) is 11.6. The summed E-state index contributed by atoms with van der Waals surface area (Å²) >= 11 is 11.1. The lowest BCUT2D eigenvalue weighted by Crippen LogP contribution is -2.10. The zero-order valence-corrected chi connectivity index (χ0v) is 14.2. The van der Waals surface area contributed by atoms with Crippen LogP contribution in [0.4, 0.5) is 0 Å². The SMILES string of the molecule is CC(C)(C)c1ccc(Sc2ncc(Br)cc2Cl)cc1. The Morgan fingerprint density at radius 3 is 2.32 bits per heavy atom. The van der Waals surface area contributed by atoms with E-state index in [4.69, 9.17) is 11.6 Å². The van der Waals surface area contributed by atoms with E-state index in [9.17, 15) is 0 Å². The first kappa shape index (κ1) is 14.9. The molecule has 2 aromatic rings. The van der Waals surface area contributed by atoms with Crippen LogP contribution < -0.4 is 0 Å². The van der Waals surface area contributed by atoms with Crippen LogP contribution in [0.5, 0.6) is 0 Å². The van der Waals surface area contributed by atoms with Crippen LogP contribution in [0.3, 0.4) is 0 Å². The van der Waals surface area contributed by atoms with Gasteiger partial charge >= 0.3 is 0 Å². The first-order chi connectivity index (χ1) is 8.86. The molecule has 0 saturated carbocycles. The van der Waals surface area contributed by atoms with Crippen molar-refractivity contribution in [3.05, 3.63) is 51.6 Å². The topological polar surface area (TPSA) is 12.9 Å². The van der Waals surface area contributed by atoms with Crippen molar-refractivity contribution >= 4 is 39.3 Å². The van der Waals surface area contributed by atoms with Crippen LogP contribution in [0, 0.1) is 0 Å². The van der Waals surface area contributed by atoms with Crippen molar-refractivity contribution in [3.63, 3.8) is 0 Å². The molecule has 0 fully saturated rings. The second-order valence-corrected chi connectivity index (χ2v) is 7.70. The zero-order valence-electron chi connectivity index (χ0n) is 11.1. The number of hydrogen-bond donors (Lipinski definition) is 0. The van der Waals surface area contributed by atoms with Gasteiger partial charge in [-0.25, -0.2) is 4.98 Å². The molecule has 0 aliphatic heterocycles. The number of halogens is 2. The van der Waals surface area contributed by atoms with Gasteiger partial charge < -0.3 is 0 Å². The van der Waals surface area contributed by atoms with E-state index in [1.807, 2.05) is 6.07 Å². The molecule has 0 N–H and O–H groups in total. The Morgan fingerprint density at radius 2 is 1.79 bits per heavy atom. The van der Waals surface area contributed by atoms with Crippen molar-refractivity contribution < 1.29 is 0 Å². The minimum atomic E-state index is 0.177. The highest BCUT2D eigenvalue weighted by Gasteiger charge is 2.13. The molecule has 0 unspecified atom stereocenters. The third-order valence-corrected chi connectivity index (χ3v) is 4.57. The van der Waals surface area contributed by atoms with E-state index in [2.05, 4.69) is 66.0 Å². The van der Waals surface area contributed by atoms with Crippen molar-refractivity contribution in [2.24, 2.45) is 0 Å². The molecule has 0 amide bonds. The highest BCUT2D eigenvalue weighted by Crippen LogP contribution is 2.34. The fourth-order valence-electron chi connectivity index (χ4n) is 1.61. The summed E-state index contributed by atoms with van der Waals surface area (Å²) in [6.07, 6.45) is 1.76. The molecule has 100 valence electrons. The van der Waals surface area contributed by atoms with E-state index in [1.165, 1.54) is 5.56 Å². The Labute approximate surface area is 131 Å². The third-order valence-electron chi connectivity index (χ3n) is 2.71. The van der Waals surface area contributed by atoms with Gasteiger partial charge in [0.1, 0.15) is 5.03 Å². The Bertz CT molecular complexity index is 576. The smallest absolute Gasteiger partial charge is 0.119 e. The van der Waals surface area contributed by atoms with Gasteiger partial charge in [-0.2, -0.15) is 0 Å². The Morgan fingerprint density at radius 1 is 1.16 bits per heavy atom. The number of nitrogens with zero attached hydrogens (tertiary/aromatic N) is 1. The third kappa shape index (κ3) is 3.98. The largest absolute Gasteiger partial charge is 0.247 e. The molecule has 0 atom stereocenters. The Kier molecular flexibility index (Phi) is 4.59. The first-order valence-corrected chi connectivity index (χ1v) is 7.94. The van der Waals surface area contributed by atoms with E-state index in [0.717, 1.165) is 14.4 Å². The fourth-order valence-corrected chi connectivity index (χ4v) is 3.11. The lowest BCUT2D eigenvalue weighted by Gasteiger charge is -2.19. The molecule has 0 spiro atoms. The number of rotatable bonds is 2. The average molecular weight is 357 g/mol. The summed E-state index contributed by atoms with van der Waals surface area (Å²) in [5.41, 5.74) is 1.50. The van der Waals surface area contributed by atoms with Crippen LogP contribution in [-0.4, -0.2) is 4.98 Å². The average Bonchev–Trinajstić information content (AvgIpc) is 2.32. The second-order valence-electron chi connectivity index (χ2n) is 5.32. The fraction of sp³-hybridized carbons (Fsp3) is 0.267. The molecular formula is C15H15BrClNS. The Balaban J connectivity index is 2.20. The maximum Gasteiger partial charge on any atom is 0.119 e. The lowest BCUT2D eigenvalue weighted by molar-refractivity contribution is 0.590. The second kappa shape index (κ2) is 5.86. The zero-order chi connectivity index (χ0) is 14.0. The monoisotopic (exact) mass is 355 g/mol. The van der Waals surface area contributed by atoms with Gasteiger partial charge in [-0.3, -0.25) is 0 Å². The quantitative estimate of drug-likeness (QED) is 0.660. The molecule has 1 nitrogen and oxygen atoms in total. The molecule has 1 aromatic carbocycles. The summed E-state index contributed by atoms with van der Waals surface area (Å²) in [5, 5.41) is 1.49. The van der Waals surface area contributed by atoms with Crippen molar-refractivity contribution in [1.82, 2.24) is 4.98 Å². The minimum Gasteiger partial charge on any atom is -0.247 e. The molecule has 0 saturated heterocycles. The van der Waals surface area contributed by atoms with Gasteiger partial charge in [-0.05, 0) is 45.1 Å². The predicted octanol–water partition coefficient (Wildman–Crippen LogP) is 5.95. The molecule has 1 heterocycles. The van der Waals surface area contributed by atoms with Crippen molar-refractivity contribution in [1.29, 1.82) is 0 Å². The van der Waals surface area contributed by atoms with Gasteiger partial charge in [-0.15, -0.1) is 0 Å². The van der Waals surface area contributed by atoms with Crippen LogP contribution in [0.25, 0.3) is 0 Å². The van der Waals surface area contributed by atoms with E-state index < -0.39 is 0 Å². The molecule has 0 radical (unpaired) electrons. The molecule has 1 aromatic heterocycles. The van der Waals surface area contributed by atoms with Gasteiger partial charge in [0.25, 0.3) is 0 Å². The summed E-state index contributed by atoms with van der Waals surface area (Å²) in [6, 6.07) is 10.4. The first-order valence-electron chi connectivity index (χ1n) is 5.96. The number of aromatic nitrogens is 1. The van der Waals surface area contributed by atoms with E-state index in [1.54, 1.807) is 18.0 Å². The number of benzene rings is 1.